The molecule has 0 radical (unpaired) electrons. The smallest absolute Gasteiger partial charge is 0.251 e. The summed E-state index contributed by atoms with van der Waals surface area (Å²) in [5, 5.41) is 0.623. The molecule has 0 saturated carbocycles. The summed E-state index contributed by atoms with van der Waals surface area (Å²) in [7, 11) is 0. The van der Waals surface area contributed by atoms with E-state index in [1.54, 1.807) is 35.5 Å². The molecule has 0 atom stereocenters. The minimum Gasteiger partial charge on any atom is -0.303 e. The van der Waals surface area contributed by atoms with Gasteiger partial charge in [0.2, 0.25) is 0 Å². The quantitative estimate of drug-likeness (QED) is 0.642. The summed E-state index contributed by atoms with van der Waals surface area (Å²) in [6.45, 7) is 0.369. The Balaban J connectivity index is 1.86. The van der Waals surface area contributed by atoms with Gasteiger partial charge in [-0.25, -0.2) is 0 Å². The third kappa shape index (κ3) is 4.75. The minimum atomic E-state index is -0.154. The molecule has 0 aliphatic carbocycles. The standard InChI is InChI=1S/C20H16ClN3O/c21-16-7-10-19(11-8-16)24(15-18-6-2-4-14-23-18)20(25)12-9-17-5-1-3-13-22-17/h1-14H,15H2. The molecule has 3 rings (SSSR count). The Morgan fingerprint density at radius 2 is 1.68 bits per heavy atom. The highest BCUT2D eigenvalue weighted by Crippen LogP contribution is 2.20. The number of benzene rings is 1. The zero-order chi connectivity index (χ0) is 17.5. The van der Waals surface area contributed by atoms with Crippen molar-refractivity contribution in [3.8, 4) is 0 Å². The third-order valence-corrected chi connectivity index (χ3v) is 3.79. The van der Waals surface area contributed by atoms with Crippen LogP contribution < -0.4 is 4.90 Å². The lowest BCUT2D eigenvalue weighted by molar-refractivity contribution is -0.114. The van der Waals surface area contributed by atoms with E-state index in [2.05, 4.69) is 9.97 Å². The van der Waals surface area contributed by atoms with Gasteiger partial charge in [-0.2, -0.15) is 0 Å². The first-order chi connectivity index (χ1) is 12.2. The molecule has 0 aliphatic rings. The number of anilines is 1. The van der Waals surface area contributed by atoms with Crippen LogP contribution in [0.25, 0.3) is 6.08 Å². The van der Waals surface area contributed by atoms with Crippen LogP contribution in [0.1, 0.15) is 11.4 Å². The molecule has 4 nitrogen and oxygen atoms in total. The Hall–Kier alpha value is -2.98. The molecular weight excluding hydrogens is 334 g/mol. The van der Waals surface area contributed by atoms with Gasteiger partial charge in [-0.05, 0) is 54.6 Å². The van der Waals surface area contributed by atoms with Crippen molar-refractivity contribution in [3.05, 3.63) is 95.5 Å². The van der Waals surface area contributed by atoms with Gasteiger partial charge < -0.3 is 4.90 Å². The molecule has 1 aromatic carbocycles. The zero-order valence-electron chi connectivity index (χ0n) is 13.4. The van der Waals surface area contributed by atoms with E-state index in [9.17, 15) is 4.79 Å². The highest BCUT2D eigenvalue weighted by Gasteiger charge is 2.14. The summed E-state index contributed by atoms with van der Waals surface area (Å²) >= 11 is 5.96. The van der Waals surface area contributed by atoms with Gasteiger partial charge in [0, 0.05) is 29.2 Å². The third-order valence-electron chi connectivity index (χ3n) is 3.54. The van der Waals surface area contributed by atoms with E-state index in [-0.39, 0.29) is 5.91 Å². The highest BCUT2D eigenvalue weighted by atomic mass is 35.5. The van der Waals surface area contributed by atoms with Crippen LogP contribution in [0.2, 0.25) is 5.02 Å². The van der Waals surface area contributed by atoms with Crippen LogP contribution in [0.3, 0.4) is 0 Å². The van der Waals surface area contributed by atoms with E-state index < -0.39 is 0 Å². The van der Waals surface area contributed by atoms with E-state index in [0.717, 1.165) is 17.1 Å². The summed E-state index contributed by atoms with van der Waals surface area (Å²) in [6.07, 6.45) is 6.61. The fourth-order valence-corrected chi connectivity index (χ4v) is 2.42. The molecule has 124 valence electrons. The van der Waals surface area contributed by atoms with Gasteiger partial charge in [0.25, 0.3) is 5.91 Å². The fraction of sp³-hybridized carbons (Fsp3) is 0.0500. The summed E-state index contributed by atoms with van der Waals surface area (Å²) < 4.78 is 0. The van der Waals surface area contributed by atoms with Gasteiger partial charge in [-0.15, -0.1) is 0 Å². The summed E-state index contributed by atoms with van der Waals surface area (Å²) in [5.41, 5.74) is 2.28. The molecule has 0 N–H and O–H groups in total. The van der Waals surface area contributed by atoms with Crippen molar-refractivity contribution in [1.82, 2.24) is 9.97 Å². The first-order valence-corrected chi connectivity index (χ1v) is 8.16. The van der Waals surface area contributed by atoms with E-state index in [4.69, 9.17) is 11.6 Å². The van der Waals surface area contributed by atoms with Crippen LogP contribution >= 0.6 is 11.6 Å². The molecule has 0 fully saturated rings. The summed E-state index contributed by atoms with van der Waals surface area (Å²) in [6, 6.07) is 18.3. The topological polar surface area (TPSA) is 46.1 Å². The number of rotatable bonds is 5. The van der Waals surface area contributed by atoms with Gasteiger partial charge in [0.1, 0.15) is 0 Å². The number of amides is 1. The number of carbonyl (C=O) groups is 1. The van der Waals surface area contributed by atoms with Crippen molar-refractivity contribution >= 4 is 29.3 Å². The highest BCUT2D eigenvalue weighted by molar-refractivity contribution is 6.30. The first kappa shape index (κ1) is 16.9. The molecule has 3 aromatic rings. The predicted molar refractivity (Wildman–Crippen MR) is 100 cm³/mol. The molecular formula is C20H16ClN3O. The van der Waals surface area contributed by atoms with Crippen molar-refractivity contribution in [2.75, 3.05) is 4.90 Å². The lowest BCUT2D eigenvalue weighted by Crippen LogP contribution is -2.29. The average molecular weight is 350 g/mol. The number of hydrogen-bond acceptors (Lipinski definition) is 3. The Morgan fingerprint density at radius 1 is 0.960 bits per heavy atom. The second-order valence-corrected chi connectivity index (χ2v) is 5.75. The predicted octanol–water partition coefficient (Wildman–Crippen LogP) is 4.38. The van der Waals surface area contributed by atoms with Crippen molar-refractivity contribution < 1.29 is 4.79 Å². The van der Waals surface area contributed by atoms with Crippen LogP contribution in [0, 0.1) is 0 Å². The molecule has 25 heavy (non-hydrogen) atoms. The molecule has 2 aromatic heterocycles. The number of carbonyl (C=O) groups excluding carboxylic acids is 1. The van der Waals surface area contributed by atoms with E-state index in [1.165, 1.54) is 6.08 Å². The van der Waals surface area contributed by atoms with Crippen LogP contribution in [0.15, 0.2) is 79.1 Å². The fourth-order valence-electron chi connectivity index (χ4n) is 2.29. The zero-order valence-corrected chi connectivity index (χ0v) is 14.2. The van der Waals surface area contributed by atoms with Gasteiger partial charge in [-0.3, -0.25) is 14.8 Å². The van der Waals surface area contributed by atoms with Gasteiger partial charge in [-0.1, -0.05) is 23.7 Å². The first-order valence-electron chi connectivity index (χ1n) is 7.78. The summed E-state index contributed by atoms with van der Waals surface area (Å²) in [4.78, 5) is 22.9. The van der Waals surface area contributed by atoms with E-state index in [0.29, 0.717) is 11.6 Å². The number of nitrogens with zero attached hydrogens (tertiary/aromatic N) is 3. The van der Waals surface area contributed by atoms with E-state index >= 15 is 0 Å². The monoisotopic (exact) mass is 349 g/mol. The van der Waals surface area contributed by atoms with Gasteiger partial charge in [0.05, 0.1) is 17.9 Å². The maximum absolute atomic E-state index is 12.8. The lowest BCUT2D eigenvalue weighted by atomic mass is 10.2. The molecule has 2 heterocycles. The molecule has 0 bridgehead atoms. The molecule has 0 spiro atoms. The average Bonchev–Trinajstić information content (AvgIpc) is 2.67. The molecule has 1 amide bonds. The Bertz CT molecular complexity index is 849. The molecule has 5 heteroatoms. The number of hydrogen-bond donors (Lipinski definition) is 0. The lowest BCUT2D eigenvalue weighted by Gasteiger charge is -2.21. The van der Waals surface area contributed by atoms with Gasteiger partial charge >= 0.3 is 0 Å². The number of halogens is 1. The Labute approximate surface area is 151 Å². The van der Waals surface area contributed by atoms with Crippen molar-refractivity contribution in [1.29, 1.82) is 0 Å². The van der Waals surface area contributed by atoms with Crippen LogP contribution in [0.5, 0.6) is 0 Å². The van der Waals surface area contributed by atoms with Crippen LogP contribution in [-0.2, 0) is 11.3 Å². The van der Waals surface area contributed by atoms with Crippen LogP contribution in [0.4, 0.5) is 5.69 Å². The SMILES string of the molecule is O=C(C=Cc1ccccn1)N(Cc1ccccn1)c1ccc(Cl)cc1. The van der Waals surface area contributed by atoms with Gasteiger partial charge in [0.15, 0.2) is 0 Å². The van der Waals surface area contributed by atoms with Crippen LogP contribution in [-0.4, -0.2) is 15.9 Å². The van der Waals surface area contributed by atoms with Crippen molar-refractivity contribution in [2.45, 2.75) is 6.54 Å². The minimum absolute atomic E-state index is 0.154. The normalized spacial score (nSPS) is 10.8. The Morgan fingerprint density at radius 3 is 2.32 bits per heavy atom. The van der Waals surface area contributed by atoms with Crippen molar-refractivity contribution in [3.63, 3.8) is 0 Å². The maximum Gasteiger partial charge on any atom is 0.251 e. The molecule has 0 unspecified atom stereocenters. The summed E-state index contributed by atoms with van der Waals surface area (Å²) in [5.74, 6) is -0.154. The van der Waals surface area contributed by atoms with Crippen molar-refractivity contribution in [2.24, 2.45) is 0 Å². The second kappa shape index (κ2) is 8.22. The Kier molecular flexibility index (Phi) is 5.54. The largest absolute Gasteiger partial charge is 0.303 e. The molecule has 0 saturated heterocycles. The van der Waals surface area contributed by atoms with E-state index in [1.807, 2.05) is 48.5 Å². The maximum atomic E-state index is 12.8. The number of aromatic nitrogens is 2. The number of pyridine rings is 2. The second-order valence-electron chi connectivity index (χ2n) is 5.31. The molecule has 0 aliphatic heterocycles.